The summed E-state index contributed by atoms with van der Waals surface area (Å²) in [4.78, 5) is 13.5. The van der Waals surface area contributed by atoms with Crippen molar-refractivity contribution in [2.75, 3.05) is 77.2 Å². The van der Waals surface area contributed by atoms with Crippen LogP contribution in [0, 0.1) is 3.57 Å². The highest BCUT2D eigenvalue weighted by atomic mass is 127. The molecule has 0 aliphatic heterocycles. The van der Waals surface area contributed by atoms with E-state index in [1.54, 1.807) is 0 Å². The molecule has 196 valence electrons. The second-order valence-electron chi connectivity index (χ2n) is 9.11. The molecule has 0 saturated carbocycles. The molecule has 0 unspecified atom stereocenters. The highest BCUT2D eigenvalue weighted by Crippen LogP contribution is 2.24. The van der Waals surface area contributed by atoms with Crippen LogP contribution in [0.25, 0.3) is 21.8 Å². The highest BCUT2D eigenvalue weighted by Gasteiger charge is 2.06. The third-order valence-corrected chi connectivity index (χ3v) is 7.17. The molecule has 0 bridgehead atoms. The molecule has 2 heterocycles. The number of halogens is 2. The van der Waals surface area contributed by atoms with E-state index in [0.717, 1.165) is 79.1 Å². The minimum absolute atomic E-state index is 0.670. The number of hydrogen-bond acceptors (Lipinski definition) is 7. The molecule has 0 aliphatic rings. The van der Waals surface area contributed by atoms with Crippen LogP contribution in [0.5, 0.6) is 0 Å². The number of anilines is 2. The first-order valence-corrected chi connectivity index (χ1v) is 14.0. The minimum Gasteiger partial charge on any atom is -0.383 e. The van der Waals surface area contributed by atoms with Crippen LogP contribution < -0.4 is 10.6 Å². The molecular weight excluding hydrogens is 599 g/mol. The van der Waals surface area contributed by atoms with Gasteiger partial charge < -0.3 is 25.2 Å². The van der Waals surface area contributed by atoms with Gasteiger partial charge in [-0.25, -0.2) is 0 Å². The molecule has 0 radical (unpaired) electrons. The Labute approximate surface area is 237 Å². The first-order chi connectivity index (χ1) is 18.0. The molecule has 2 aromatic carbocycles. The fourth-order valence-corrected chi connectivity index (χ4v) is 4.72. The number of benzene rings is 2. The van der Waals surface area contributed by atoms with Crippen LogP contribution in [-0.4, -0.2) is 86.3 Å². The van der Waals surface area contributed by atoms with Gasteiger partial charge in [0.05, 0.1) is 24.2 Å². The van der Waals surface area contributed by atoms with E-state index in [0.29, 0.717) is 11.6 Å². The number of nitrogens with one attached hydrogen (secondary N) is 2. The predicted molar refractivity (Wildman–Crippen MR) is 164 cm³/mol. The molecule has 4 aromatic rings. The van der Waals surface area contributed by atoms with Gasteiger partial charge in [0, 0.05) is 82.4 Å². The Morgan fingerprint density at radius 3 is 2.11 bits per heavy atom. The van der Waals surface area contributed by atoms with Gasteiger partial charge in [-0.2, -0.15) is 0 Å². The van der Waals surface area contributed by atoms with Crippen LogP contribution in [0.15, 0.2) is 60.9 Å². The van der Waals surface area contributed by atoms with Crippen LogP contribution >= 0.6 is 34.2 Å². The van der Waals surface area contributed by atoms with Gasteiger partial charge in [-0.1, -0.05) is 11.6 Å². The quantitative estimate of drug-likeness (QED) is 0.142. The van der Waals surface area contributed by atoms with Crippen molar-refractivity contribution >= 4 is 67.4 Å². The maximum atomic E-state index is 6.09. The zero-order valence-corrected chi connectivity index (χ0v) is 24.3. The van der Waals surface area contributed by atoms with E-state index >= 15 is 0 Å². The Bertz CT molecular complexity index is 1310. The third-order valence-electron chi connectivity index (χ3n) is 6.26. The number of hydrogen-bond donors (Lipinski definition) is 2. The van der Waals surface area contributed by atoms with Crippen LogP contribution in [0.3, 0.4) is 0 Å². The van der Waals surface area contributed by atoms with Crippen molar-refractivity contribution in [1.29, 1.82) is 0 Å². The van der Waals surface area contributed by atoms with E-state index in [1.165, 1.54) is 3.57 Å². The van der Waals surface area contributed by atoms with Crippen molar-refractivity contribution in [3.8, 4) is 0 Å². The van der Waals surface area contributed by atoms with Crippen molar-refractivity contribution in [3.63, 3.8) is 0 Å². The van der Waals surface area contributed by atoms with Crippen molar-refractivity contribution in [3.05, 3.63) is 69.5 Å². The molecule has 2 N–H and O–H groups in total. The standard InChI is InChI=1S/C28H34ClIN6O/c1-35(13-11-33-25-7-9-31-27-19-21(29)3-5-23(25)27)14-15-36(2)16-18-37-17-12-34-26-8-10-32-28-20-22(30)4-6-24(26)28/h3-10,19-20H,11-18H2,1-2H3,(H,31,33)(H,32,34). The number of fused-ring (bicyclic) bond motifs is 2. The third kappa shape index (κ3) is 8.38. The van der Waals surface area contributed by atoms with E-state index in [2.05, 4.69) is 85.3 Å². The Kier molecular flexibility index (Phi) is 10.6. The topological polar surface area (TPSA) is 65.5 Å². The lowest BCUT2D eigenvalue weighted by atomic mass is 10.2. The van der Waals surface area contributed by atoms with E-state index in [4.69, 9.17) is 16.3 Å². The zero-order chi connectivity index (χ0) is 26.0. The van der Waals surface area contributed by atoms with Crippen LogP contribution in [0.2, 0.25) is 5.02 Å². The molecule has 9 heteroatoms. The van der Waals surface area contributed by atoms with Gasteiger partial charge in [-0.3, -0.25) is 9.97 Å². The summed E-state index contributed by atoms with van der Waals surface area (Å²) in [5.41, 5.74) is 4.11. The molecule has 0 spiro atoms. The molecule has 37 heavy (non-hydrogen) atoms. The molecule has 4 rings (SSSR count). The highest BCUT2D eigenvalue weighted by molar-refractivity contribution is 14.1. The molecule has 0 fully saturated rings. The first kappa shape index (κ1) is 27.8. The van der Waals surface area contributed by atoms with Crippen LogP contribution in [-0.2, 0) is 4.74 Å². The van der Waals surface area contributed by atoms with Crippen molar-refractivity contribution in [2.24, 2.45) is 0 Å². The number of nitrogens with zero attached hydrogens (tertiary/aromatic N) is 4. The molecule has 2 aromatic heterocycles. The molecular formula is C28H34ClIN6O. The smallest absolute Gasteiger partial charge is 0.0737 e. The second kappa shape index (κ2) is 14.1. The lowest BCUT2D eigenvalue weighted by Crippen LogP contribution is -2.35. The second-order valence-corrected chi connectivity index (χ2v) is 10.8. The van der Waals surface area contributed by atoms with Gasteiger partial charge in [-0.05, 0) is 85.2 Å². The summed E-state index contributed by atoms with van der Waals surface area (Å²) in [7, 11) is 4.30. The van der Waals surface area contributed by atoms with E-state index in [9.17, 15) is 0 Å². The summed E-state index contributed by atoms with van der Waals surface area (Å²) in [5, 5.41) is 9.95. The zero-order valence-electron chi connectivity index (χ0n) is 21.4. The Morgan fingerprint density at radius 1 is 0.757 bits per heavy atom. The van der Waals surface area contributed by atoms with Crippen LogP contribution in [0.4, 0.5) is 11.4 Å². The van der Waals surface area contributed by atoms with Crippen molar-refractivity contribution in [2.45, 2.75) is 0 Å². The normalized spacial score (nSPS) is 11.6. The summed E-state index contributed by atoms with van der Waals surface area (Å²) in [6.07, 6.45) is 3.67. The largest absolute Gasteiger partial charge is 0.383 e. The fourth-order valence-electron chi connectivity index (χ4n) is 4.08. The average Bonchev–Trinajstić information content (AvgIpc) is 2.89. The Balaban J connectivity index is 1.07. The Morgan fingerprint density at radius 2 is 1.38 bits per heavy atom. The van der Waals surface area contributed by atoms with Gasteiger partial charge in [-0.15, -0.1) is 0 Å². The van der Waals surface area contributed by atoms with Gasteiger partial charge >= 0.3 is 0 Å². The minimum atomic E-state index is 0.670. The summed E-state index contributed by atoms with van der Waals surface area (Å²) in [6.45, 7) is 6.89. The predicted octanol–water partition coefficient (Wildman–Crippen LogP) is 5.45. The van der Waals surface area contributed by atoms with Gasteiger partial charge in [0.15, 0.2) is 0 Å². The van der Waals surface area contributed by atoms with Crippen LogP contribution in [0.1, 0.15) is 0 Å². The van der Waals surface area contributed by atoms with Crippen molar-refractivity contribution < 1.29 is 4.74 Å². The maximum absolute atomic E-state index is 6.09. The molecule has 0 aliphatic carbocycles. The molecule has 0 atom stereocenters. The summed E-state index contributed by atoms with van der Waals surface area (Å²) in [6, 6.07) is 16.2. The number of pyridine rings is 2. The molecule has 0 amide bonds. The van der Waals surface area contributed by atoms with Gasteiger partial charge in [0.2, 0.25) is 0 Å². The molecule has 0 saturated heterocycles. The van der Waals surface area contributed by atoms with Crippen molar-refractivity contribution in [1.82, 2.24) is 19.8 Å². The summed E-state index contributed by atoms with van der Waals surface area (Å²) < 4.78 is 7.05. The average molecular weight is 633 g/mol. The van der Waals surface area contributed by atoms with Gasteiger partial charge in [0.1, 0.15) is 0 Å². The number of rotatable bonds is 14. The number of aromatic nitrogens is 2. The van der Waals surface area contributed by atoms with E-state index in [1.807, 2.05) is 42.7 Å². The monoisotopic (exact) mass is 632 g/mol. The van der Waals surface area contributed by atoms with E-state index in [-0.39, 0.29) is 0 Å². The lowest BCUT2D eigenvalue weighted by Gasteiger charge is -2.22. The number of likely N-dealkylation sites (N-methyl/N-ethyl adjacent to an activating group) is 2. The maximum Gasteiger partial charge on any atom is 0.0737 e. The lowest BCUT2D eigenvalue weighted by molar-refractivity contribution is 0.116. The summed E-state index contributed by atoms with van der Waals surface area (Å²) in [5.74, 6) is 0. The SMILES string of the molecule is CN(CCNc1ccnc2cc(Cl)ccc12)CCN(C)CCOCCNc1ccnc2cc(I)ccc12. The number of ether oxygens (including phenoxy) is 1. The Hall–Kier alpha value is -2.24. The molecule has 7 nitrogen and oxygen atoms in total. The van der Waals surface area contributed by atoms with E-state index < -0.39 is 0 Å². The van der Waals surface area contributed by atoms with Gasteiger partial charge in [0.25, 0.3) is 0 Å². The fraction of sp³-hybridized carbons (Fsp3) is 0.357. The first-order valence-electron chi connectivity index (χ1n) is 12.5. The summed E-state index contributed by atoms with van der Waals surface area (Å²) >= 11 is 8.41.